The normalized spacial score (nSPS) is 30.9. The number of rotatable bonds is 0. The van der Waals surface area contributed by atoms with Gasteiger partial charge in [0.15, 0.2) is 0 Å². The van der Waals surface area contributed by atoms with E-state index >= 15 is 0 Å². The summed E-state index contributed by atoms with van der Waals surface area (Å²) in [6.07, 6.45) is 4.50. The molecule has 0 radical (unpaired) electrons. The van der Waals surface area contributed by atoms with Gasteiger partial charge in [-0.3, -0.25) is 0 Å². The van der Waals surface area contributed by atoms with Crippen LogP contribution in [-0.4, -0.2) is 12.1 Å². The SMILES string of the molecule is NC1CCC(N)CC1.[I][Pt][I]. The molecule has 0 aromatic heterocycles. The van der Waals surface area contributed by atoms with E-state index in [2.05, 4.69) is 38.7 Å². The summed E-state index contributed by atoms with van der Waals surface area (Å²) in [5, 5.41) is 0. The molecule has 5 heteroatoms. The van der Waals surface area contributed by atoms with E-state index in [0.717, 1.165) is 25.7 Å². The Morgan fingerprint density at radius 1 is 0.909 bits per heavy atom. The van der Waals surface area contributed by atoms with Crippen molar-refractivity contribution < 1.29 is 11.2 Å². The van der Waals surface area contributed by atoms with Crippen LogP contribution in [0.5, 0.6) is 0 Å². The molecular formula is C6H14I2N2Pt. The molecule has 0 aromatic carbocycles. The second kappa shape index (κ2) is 8.66. The Hall–Kier alpha value is 2.07. The molecule has 1 rings (SSSR count). The van der Waals surface area contributed by atoms with Crippen LogP contribution in [0.2, 0.25) is 0 Å². The van der Waals surface area contributed by atoms with Crippen molar-refractivity contribution in [3.63, 3.8) is 0 Å². The Labute approximate surface area is 97.8 Å². The predicted molar refractivity (Wildman–Crippen MR) is 62.5 cm³/mol. The maximum absolute atomic E-state index is 5.64. The molecule has 72 valence electrons. The van der Waals surface area contributed by atoms with Crippen LogP contribution in [0.3, 0.4) is 0 Å². The molecule has 2 nitrogen and oxygen atoms in total. The standard InChI is InChI=1S/C6H14N2.2HI.Pt/c7-5-1-2-6(8)4-3-5;;;/h5-6H,1-4,7-8H2;2*1H;/q;;;+2/p-2. The molecule has 0 aliphatic heterocycles. The van der Waals surface area contributed by atoms with Crippen LogP contribution >= 0.6 is 38.7 Å². The zero-order valence-electron chi connectivity index (χ0n) is 6.21. The van der Waals surface area contributed by atoms with Gasteiger partial charge in [0.25, 0.3) is 0 Å². The molecule has 1 aliphatic rings. The van der Waals surface area contributed by atoms with Crippen LogP contribution in [-0.2, 0) is 11.2 Å². The average Bonchev–Trinajstić information content (AvgIpc) is 1.97. The van der Waals surface area contributed by atoms with Gasteiger partial charge < -0.3 is 11.5 Å². The molecule has 0 spiro atoms. The summed E-state index contributed by atoms with van der Waals surface area (Å²) in [7, 11) is 0. The van der Waals surface area contributed by atoms with E-state index in [-0.39, 0.29) is 0 Å². The molecule has 0 atom stereocenters. The Bertz CT molecular complexity index is 76.7. The van der Waals surface area contributed by atoms with E-state index in [1.165, 1.54) is 0 Å². The van der Waals surface area contributed by atoms with Crippen LogP contribution < -0.4 is 11.5 Å². The first kappa shape index (κ1) is 13.1. The molecule has 11 heavy (non-hydrogen) atoms. The van der Waals surface area contributed by atoms with Crippen LogP contribution in [0.1, 0.15) is 25.7 Å². The molecule has 0 aromatic rings. The van der Waals surface area contributed by atoms with Gasteiger partial charge in [-0.2, -0.15) is 0 Å². The van der Waals surface area contributed by atoms with Gasteiger partial charge in [0.05, 0.1) is 0 Å². The summed E-state index contributed by atoms with van der Waals surface area (Å²) in [5.74, 6) is 0. The third-order valence-corrected chi connectivity index (χ3v) is 1.82. The summed E-state index contributed by atoms with van der Waals surface area (Å²) in [4.78, 5) is 0. The minimum atomic E-state index is 0.440. The second-order valence-corrected chi connectivity index (χ2v) is 19.3. The van der Waals surface area contributed by atoms with Crippen molar-refractivity contribution >= 4 is 38.7 Å². The molecule has 0 bridgehead atoms. The van der Waals surface area contributed by atoms with Gasteiger partial charge in [-0.05, 0) is 25.7 Å². The third kappa shape index (κ3) is 8.40. The fourth-order valence-electron chi connectivity index (χ4n) is 1.14. The summed E-state index contributed by atoms with van der Waals surface area (Å²) in [6, 6.07) is 0.879. The first-order chi connectivity index (χ1) is 5.20. The molecule has 0 unspecified atom stereocenters. The van der Waals surface area contributed by atoms with Gasteiger partial charge in [0.1, 0.15) is 0 Å². The zero-order chi connectivity index (χ0) is 8.69. The van der Waals surface area contributed by atoms with Crippen molar-refractivity contribution in [1.29, 1.82) is 0 Å². The van der Waals surface area contributed by atoms with E-state index in [9.17, 15) is 0 Å². The van der Waals surface area contributed by atoms with E-state index in [4.69, 9.17) is 11.5 Å². The van der Waals surface area contributed by atoms with Crippen LogP contribution in [0.25, 0.3) is 0 Å². The fourth-order valence-corrected chi connectivity index (χ4v) is 1.14. The van der Waals surface area contributed by atoms with E-state index in [1.54, 1.807) is 0 Å². The topological polar surface area (TPSA) is 52.0 Å². The monoisotopic (exact) mass is 563 g/mol. The average molecular weight is 563 g/mol. The van der Waals surface area contributed by atoms with Crippen LogP contribution in [0.15, 0.2) is 0 Å². The van der Waals surface area contributed by atoms with Crippen molar-refractivity contribution in [2.24, 2.45) is 11.5 Å². The molecule has 1 fully saturated rings. The molecule has 0 amide bonds. The Kier molecular flexibility index (Phi) is 10.3. The maximum atomic E-state index is 5.64. The van der Waals surface area contributed by atoms with E-state index in [1.807, 2.05) is 0 Å². The van der Waals surface area contributed by atoms with Crippen molar-refractivity contribution in [2.75, 3.05) is 0 Å². The van der Waals surface area contributed by atoms with Crippen molar-refractivity contribution in [3.05, 3.63) is 0 Å². The van der Waals surface area contributed by atoms with E-state index < -0.39 is 0 Å². The van der Waals surface area contributed by atoms with Crippen molar-refractivity contribution in [3.8, 4) is 0 Å². The Balaban J connectivity index is 0.000000292. The fraction of sp³-hybridized carbons (Fsp3) is 1.00. The predicted octanol–water partition coefficient (Wildman–Crippen LogP) is 1.98. The van der Waals surface area contributed by atoms with Crippen molar-refractivity contribution in [2.45, 2.75) is 37.8 Å². The van der Waals surface area contributed by atoms with Gasteiger partial charge >= 0.3 is 49.9 Å². The first-order valence-corrected chi connectivity index (χ1v) is 16.4. The Morgan fingerprint density at radius 3 is 1.27 bits per heavy atom. The van der Waals surface area contributed by atoms with Gasteiger partial charge in [-0.15, -0.1) is 0 Å². The molecule has 4 N–H and O–H groups in total. The van der Waals surface area contributed by atoms with Gasteiger partial charge in [0, 0.05) is 12.1 Å². The van der Waals surface area contributed by atoms with Gasteiger partial charge in [-0.25, -0.2) is 0 Å². The minimum absolute atomic E-state index is 0.440. The number of hydrogen-bond acceptors (Lipinski definition) is 2. The summed E-state index contributed by atoms with van der Waals surface area (Å²) >= 11 is 5.30. The Morgan fingerprint density at radius 2 is 1.09 bits per heavy atom. The van der Waals surface area contributed by atoms with Crippen LogP contribution in [0.4, 0.5) is 0 Å². The number of hydrogen-bond donors (Lipinski definition) is 2. The summed E-state index contributed by atoms with van der Waals surface area (Å²) in [5.41, 5.74) is 11.3. The molecular weight excluding hydrogens is 549 g/mol. The van der Waals surface area contributed by atoms with E-state index in [0.29, 0.717) is 23.3 Å². The van der Waals surface area contributed by atoms with Crippen LogP contribution in [0, 0.1) is 0 Å². The quantitative estimate of drug-likeness (QED) is 0.444. The number of nitrogens with two attached hydrogens (primary N) is 2. The van der Waals surface area contributed by atoms with Crippen molar-refractivity contribution in [1.82, 2.24) is 0 Å². The molecule has 1 saturated carbocycles. The molecule has 0 saturated heterocycles. The third-order valence-electron chi connectivity index (χ3n) is 1.82. The molecule has 0 heterocycles. The van der Waals surface area contributed by atoms with Gasteiger partial charge in [-0.1, -0.05) is 0 Å². The summed E-state index contributed by atoms with van der Waals surface area (Å²) < 4.78 is 0. The zero-order valence-corrected chi connectivity index (χ0v) is 12.8. The number of halogens is 2. The second-order valence-electron chi connectivity index (χ2n) is 2.72. The van der Waals surface area contributed by atoms with Gasteiger partial charge in [0.2, 0.25) is 0 Å². The first-order valence-electron chi connectivity index (χ1n) is 3.54. The summed E-state index contributed by atoms with van der Waals surface area (Å²) in [6.45, 7) is 0. The molecule has 1 aliphatic carbocycles.